The molecule has 0 aromatic heterocycles. The van der Waals surface area contributed by atoms with Gasteiger partial charge in [0.1, 0.15) is 5.92 Å². The van der Waals surface area contributed by atoms with Crippen LogP contribution in [0.4, 0.5) is 5.69 Å². The van der Waals surface area contributed by atoms with Crippen LogP contribution in [0.3, 0.4) is 0 Å². The molecule has 2 atom stereocenters. The van der Waals surface area contributed by atoms with Crippen LogP contribution in [0, 0.1) is 5.92 Å². The lowest BCUT2D eigenvalue weighted by molar-refractivity contribution is -0.136. The molecule has 2 heterocycles. The maximum Gasteiger partial charge on any atom is 0.355 e. The van der Waals surface area contributed by atoms with Gasteiger partial charge in [0.25, 0.3) is 5.91 Å². The standard InChI is InChI=1S/C15H12ClN3O5/c1-7(20)19-12-10(11(17-19)15(23)24-2)13(21)18(14(12)22)9-5-3-4-8(16)6-9/h3-6,10,12H,1-2H3/t10-,12+/m1/s1. The molecular weight excluding hydrogens is 338 g/mol. The average Bonchev–Trinajstić information content (AvgIpc) is 3.05. The second-order valence-corrected chi connectivity index (χ2v) is 5.69. The number of anilines is 1. The Hall–Kier alpha value is -2.74. The third-order valence-electron chi connectivity index (χ3n) is 3.83. The Balaban J connectivity index is 2.07. The number of ether oxygens (including phenoxy) is 1. The predicted molar refractivity (Wildman–Crippen MR) is 83.2 cm³/mol. The third kappa shape index (κ3) is 2.26. The van der Waals surface area contributed by atoms with E-state index in [1.54, 1.807) is 12.1 Å². The summed E-state index contributed by atoms with van der Waals surface area (Å²) in [5, 5.41) is 5.01. The van der Waals surface area contributed by atoms with E-state index in [-0.39, 0.29) is 11.4 Å². The highest BCUT2D eigenvalue weighted by Gasteiger charge is 2.59. The minimum absolute atomic E-state index is 0.263. The van der Waals surface area contributed by atoms with Gasteiger partial charge in [-0.1, -0.05) is 17.7 Å². The largest absolute Gasteiger partial charge is 0.464 e. The molecule has 1 saturated heterocycles. The molecule has 1 aromatic carbocycles. The number of nitrogens with zero attached hydrogens (tertiary/aromatic N) is 3. The van der Waals surface area contributed by atoms with Gasteiger partial charge in [0, 0.05) is 11.9 Å². The van der Waals surface area contributed by atoms with Gasteiger partial charge in [0.15, 0.2) is 11.8 Å². The van der Waals surface area contributed by atoms with Crippen LogP contribution in [0.15, 0.2) is 29.4 Å². The van der Waals surface area contributed by atoms with Gasteiger partial charge in [0.05, 0.1) is 12.8 Å². The van der Waals surface area contributed by atoms with Crippen molar-refractivity contribution in [2.75, 3.05) is 12.0 Å². The first-order valence-corrected chi connectivity index (χ1v) is 7.34. The molecule has 0 aliphatic carbocycles. The number of hydrogen-bond donors (Lipinski definition) is 0. The van der Waals surface area contributed by atoms with E-state index in [2.05, 4.69) is 9.84 Å². The van der Waals surface area contributed by atoms with E-state index in [0.29, 0.717) is 5.02 Å². The minimum Gasteiger partial charge on any atom is -0.464 e. The van der Waals surface area contributed by atoms with Gasteiger partial charge in [0.2, 0.25) is 11.8 Å². The second-order valence-electron chi connectivity index (χ2n) is 5.25. The van der Waals surface area contributed by atoms with Gasteiger partial charge < -0.3 is 4.74 Å². The van der Waals surface area contributed by atoms with Crippen LogP contribution in [-0.4, -0.2) is 47.6 Å². The lowest BCUT2D eigenvalue weighted by Gasteiger charge is -2.19. The van der Waals surface area contributed by atoms with E-state index in [1.807, 2.05) is 0 Å². The molecule has 0 saturated carbocycles. The number of methoxy groups -OCH3 is 1. The Morgan fingerprint density at radius 1 is 1.25 bits per heavy atom. The fourth-order valence-corrected chi connectivity index (χ4v) is 3.00. The van der Waals surface area contributed by atoms with Crippen LogP contribution in [0.25, 0.3) is 0 Å². The smallest absolute Gasteiger partial charge is 0.355 e. The zero-order valence-corrected chi connectivity index (χ0v) is 13.5. The molecule has 2 aliphatic heterocycles. The maximum absolute atomic E-state index is 12.7. The quantitative estimate of drug-likeness (QED) is 0.575. The number of hydrazone groups is 1. The number of halogens is 1. The second kappa shape index (κ2) is 5.72. The summed E-state index contributed by atoms with van der Waals surface area (Å²) in [6.45, 7) is 1.20. The van der Waals surface area contributed by atoms with Crippen LogP contribution in [0.1, 0.15) is 6.92 Å². The monoisotopic (exact) mass is 349 g/mol. The lowest BCUT2D eigenvalue weighted by Crippen LogP contribution is -2.41. The number of amides is 3. The number of carbonyl (C=O) groups excluding carboxylic acids is 4. The highest BCUT2D eigenvalue weighted by atomic mass is 35.5. The van der Waals surface area contributed by atoms with Crippen LogP contribution >= 0.6 is 11.6 Å². The molecule has 1 fully saturated rings. The minimum atomic E-state index is -1.19. The van der Waals surface area contributed by atoms with Crippen LogP contribution in [0.5, 0.6) is 0 Å². The van der Waals surface area contributed by atoms with Gasteiger partial charge in [-0.3, -0.25) is 14.4 Å². The highest BCUT2D eigenvalue weighted by molar-refractivity contribution is 6.47. The Bertz CT molecular complexity index is 806. The van der Waals surface area contributed by atoms with Crippen molar-refractivity contribution in [2.24, 2.45) is 11.0 Å². The maximum atomic E-state index is 12.7. The molecule has 8 nitrogen and oxygen atoms in total. The summed E-state index contributed by atoms with van der Waals surface area (Å²) in [5.41, 5.74) is 0.000181. The molecule has 3 amide bonds. The van der Waals surface area contributed by atoms with Crippen molar-refractivity contribution in [1.82, 2.24) is 5.01 Å². The van der Waals surface area contributed by atoms with E-state index in [4.69, 9.17) is 11.6 Å². The molecule has 3 rings (SSSR count). The summed E-state index contributed by atoms with van der Waals surface area (Å²) < 4.78 is 4.60. The van der Waals surface area contributed by atoms with Crippen molar-refractivity contribution < 1.29 is 23.9 Å². The number of esters is 1. The molecule has 0 bridgehead atoms. The van der Waals surface area contributed by atoms with Crippen molar-refractivity contribution in [3.63, 3.8) is 0 Å². The van der Waals surface area contributed by atoms with E-state index in [0.717, 1.165) is 17.0 Å². The Morgan fingerprint density at radius 3 is 2.54 bits per heavy atom. The number of imide groups is 1. The number of fused-ring (bicyclic) bond motifs is 1. The molecule has 24 heavy (non-hydrogen) atoms. The van der Waals surface area contributed by atoms with Crippen LogP contribution in [-0.2, 0) is 23.9 Å². The van der Waals surface area contributed by atoms with E-state index >= 15 is 0 Å². The first-order chi connectivity index (χ1) is 11.4. The van der Waals surface area contributed by atoms with Gasteiger partial charge >= 0.3 is 5.97 Å². The SMILES string of the molecule is COC(=O)C1=NN(C(C)=O)[C@@H]2C(=O)N(c3cccc(Cl)c3)C(=O)[C@H]12. The average molecular weight is 350 g/mol. The molecule has 0 unspecified atom stereocenters. The fraction of sp³-hybridized carbons (Fsp3) is 0.267. The van der Waals surface area contributed by atoms with Crippen LogP contribution in [0.2, 0.25) is 5.02 Å². The normalized spacial score (nSPS) is 22.5. The summed E-state index contributed by atoms with van der Waals surface area (Å²) in [4.78, 5) is 50.0. The fourth-order valence-electron chi connectivity index (χ4n) is 2.82. The summed E-state index contributed by atoms with van der Waals surface area (Å²) in [6, 6.07) is 4.98. The van der Waals surface area contributed by atoms with Crippen LogP contribution < -0.4 is 4.90 Å². The molecular formula is C15H12ClN3O5. The molecule has 0 spiro atoms. The highest BCUT2D eigenvalue weighted by Crippen LogP contribution is 2.36. The first kappa shape index (κ1) is 16.1. The van der Waals surface area contributed by atoms with E-state index in [9.17, 15) is 19.2 Å². The lowest BCUT2D eigenvalue weighted by atomic mass is 9.98. The molecule has 124 valence electrons. The first-order valence-electron chi connectivity index (χ1n) is 6.96. The Kier molecular flexibility index (Phi) is 3.84. The van der Waals surface area contributed by atoms with Gasteiger partial charge in [-0.25, -0.2) is 14.7 Å². The van der Waals surface area contributed by atoms with Gasteiger partial charge in [-0.05, 0) is 18.2 Å². The van der Waals surface area contributed by atoms with Crippen molar-refractivity contribution in [3.05, 3.63) is 29.3 Å². The van der Waals surface area contributed by atoms with Crippen molar-refractivity contribution >= 4 is 46.7 Å². The molecule has 1 aromatic rings. The Morgan fingerprint density at radius 2 is 1.96 bits per heavy atom. The topological polar surface area (TPSA) is 96.3 Å². The summed E-state index contributed by atoms with van der Waals surface area (Å²) >= 11 is 5.91. The zero-order valence-electron chi connectivity index (χ0n) is 12.7. The zero-order chi connectivity index (χ0) is 17.6. The summed E-state index contributed by atoms with van der Waals surface area (Å²) in [5.74, 6) is -3.90. The van der Waals surface area contributed by atoms with E-state index in [1.165, 1.54) is 19.1 Å². The predicted octanol–water partition coefficient (Wildman–Crippen LogP) is 0.589. The molecule has 0 N–H and O–H groups in total. The Labute approximate surface area is 141 Å². The van der Waals surface area contributed by atoms with Crippen molar-refractivity contribution in [3.8, 4) is 0 Å². The molecule has 0 radical (unpaired) electrons. The number of rotatable bonds is 2. The third-order valence-corrected chi connectivity index (χ3v) is 4.07. The molecule has 2 aliphatic rings. The number of carbonyl (C=O) groups is 4. The summed E-state index contributed by atoms with van der Waals surface area (Å²) in [6.07, 6.45) is 0. The number of hydrogen-bond acceptors (Lipinski definition) is 6. The van der Waals surface area contributed by atoms with Gasteiger partial charge in [-0.15, -0.1) is 0 Å². The molecule has 9 heteroatoms. The van der Waals surface area contributed by atoms with Crippen molar-refractivity contribution in [2.45, 2.75) is 13.0 Å². The number of benzene rings is 1. The summed E-state index contributed by atoms with van der Waals surface area (Å²) in [7, 11) is 1.13. The van der Waals surface area contributed by atoms with E-state index < -0.39 is 35.7 Å². The van der Waals surface area contributed by atoms with Crippen molar-refractivity contribution in [1.29, 1.82) is 0 Å². The van der Waals surface area contributed by atoms with Gasteiger partial charge in [-0.2, -0.15) is 5.10 Å².